The number of hydrogen-bond acceptors (Lipinski definition) is 8. The van der Waals surface area contributed by atoms with E-state index in [1.807, 2.05) is 0 Å². The van der Waals surface area contributed by atoms with Crippen molar-refractivity contribution in [2.75, 3.05) is 39.6 Å². The zero-order valence-electron chi connectivity index (χ0n) is 18.0. The Bertz CT molecular complexity index is 367. The Morgan fingerprint density at radius 1 is 0.759 bits per heavy atom. The van der Waals surface area contributed by atoms with E-state index in [2.05, 4.69) is 6.92 Å². The minimum Gasteiger partial charge on any atom is -0.463 e. The molecule has 0 rings (SSSR count). The van der Waals surface area contributed by atoms with Gasteiger partial charge >= 0.3 is 5.97 Å². The van der Waals surface area contributed by atoms with Crippen molar-refractivity contribution < 1.29 is 39.4 Å². The van der Waals surface area contributed by atoms with Crippen LogP contribution in [-0.4, -0.2) is 84.3 Å². The summed E-state index contributed by atoms with van der Waals surface area (Å²) in [4.78, 5) is 11.9. The van der Waals surface area contributed by atoms with Crippen molar-refractivity contribution in [2.24, 2.45) is 0 Å². The van der Waals surface area contributed by atoms with Crippen LogP contribution in [0.15, 0.2) is 0 Å². The molecule has 0 spiro atoms. The molecular formula is C21H42O8. The Morgan fingerprint density at radius 2 is 1.31 bits per heavy atom. The minimum absolute atomic E-state index is 0.0283. The Hall–Kier alpha value is -0.770. The van der Waals surface area contributed by atoms with E-state index in [9.17, 15) is 15.0 Å². The SMILES string of the molecule is CCCCCCCCCCCC(=O)OC[C@H](COC[C@H](O)CO)OC[C@H](O)CO. The van der Waals surface area contributed by atoms with E-state index in [0.717, 1.165) is 19.3 Å². The first-order valence-electron chi connectivity index (χ1n) is 11.0. The zero-order chi connectivity index (χ0) is 21.7. The lowest BCUT2D eigenvalue weighted by Crippen LogP contribution is -2.33. The van der Waals surface area contributed by atoms with E-state index in [0.29, 0.717) is 6.42 Å². The van der Waals surface area contributed by atoms with Gasteiger partial charge in [-0.3, -0.25) is 4.79 Å². The van der Waals surface area contributed by atoms with Gasteiger partial charge in [-0.05, 0) is 6.42 Å². The summed E-state index contributed by atoms with van der Waals surface area (Å²) in [5.41, 5.74) is 0. The highest BCUT2D eigenvalue weighted by Gasteiger charge is 2.16. The van der Waals surface area contributed by atoms with Gasteiger partial charge in [-0.2, -0.15) is 0 Å². The molecule has 0 aliphatic carbocycles. The van der Waals surface area contributed by atoms with Crippen LogP contribution >= 0.6 is 0 Å². The topological polar surface area (TPSA) is 126 Å². The number of carbonyl (C=O) groups is 1. The first-order valence-corrected chi connectivity index (χ1v) is 11.0. The molecule has 0 aromatic rings. The maximum Gasteiger partial charge on any atom is 0.305 e. The summed E-state index contributed by atoms with van der Waals surface area (Å²) in [6, 6.07) is 0. The molecule has 0 aliphatic rings. The number of unbranched alkanes of at least 4 members (excludes halogenated alkanes) is 8. The third-order valence-electron chi connectivity index (χ3n) is 4.47. The average molecular weight is 423 g/mol. The zero-order valence-corrected chi connectivity index (χ0v) is 18.0. The van der Waals surface area contributed by atoms with Crippen molar-refractivity contribution in [1.82, 2.24) is 0 Å². The number of hydrogen-bond donors (Lipinski definition) is 4. The largest absolute Gasteiger partial charge is 0.463 e. The predicted molar refractivity (Wildman–Crippen MR) is 110 cm³/mol. The quantitative estimate of drug-likeness (QED) is 0.162. The lowest BCUT2D eigenvalue weighted by molar-refractivity contribution is -0.152. The first-order chi connectivity index (χ1) is 14.0. The third kappa shape index (κ3) is 19.0. The van der Waals surface area contributed by atoms with Gasteiger partial charge in [0.05, 0.1) is 33.0 Å². The van der Waals surface area contributed by atoms with Gasteiger partial charge in [-0.15, -0.1) is 0 Å². The van der Waals surface area contributed by atoms with Gasteiger partial charge in [0.1, 0.15) is 24.9 Å². The molecular weight excluding hydrogens is 380 g/mol. The summed E-state index contributed by atoms with van der Waals surface area (Å²) >= 11 is 0. The van der Waals surface area contributed by atoms with E-state index in [4.69, 9.17) is 24.4 Å². The fraction of sp³-hybridized carbons (Fsp3) is 0.952. The molecule has 0 amide bonds. The Morgan fingerprint density at radius 3 is 1.90 bits per heavy atom. The maximum atomic E-state index is 11.9. The van der Waals surface area contributed by atoms with Crippen LogP contribution in [-0.2, 0) is 19.0 Å². The molecule has 3 atom stereocenters. The van der Waals surface area contributed by atoms with Gasteiger partial charge in [0.25, 0.3) is 0 Å². The second-order valence-electron chi connectivity index (χ2n) is 7.43. The molecule has 8 nitrogen and oxygen atoms in total. The van der Waals surface area contributed by atoms with Gasteiger partial charge < -0.3 is 34.6 Å². The van der Waals surface area contributed by atoms with Crippen LogP contribution in [0, 0.1) is 0 Å². The van der Waals surface area contributed by atoms with Crippen molar-refractivity contribution in [3.05, 3.63) is 0 Å². The average Bonchev–Trinajstić information content (AvgIpc) is 2.73. The molecule has 0 fully saturated rings. The molecule has 0 unspecified atom stereocenters. The normalized spacial score (nSPS) is 14.5. The van der Waals surface area contributed by atoms with E-state index in [1.54, 1.807) is 0 Å². The molecule has 174 valence electrons. The summed E-state index contributed by atoms with van der Waals surface area (Å²) in [5, 5.41) is 36.3. The monoisotopic (exact) mass is 422 g/mol. The van der Waals surface area contributed by atoms with Gasteiger partial charge in [-0.25, -0.2) is 0 Å². The van der Waals surface area contributed by atoms with Crippen molar-refractivity contribution >= 4 is 5.97 Å². The minimum atomic E-state index is -1.03. The Balaban J connectivity index is 3.91. The molecule has 0 saturated carbocycles. The fourth-order valence-electron chi connectivity index (χ4n) is 2.67. The molecule has 0 aliphatic heterocycles. The first kappa shape index (κ1) is 28.2. The number of aliphatic hydroxyl groups excluding tert-OH is 4. The highest BCUT2D eigenvalue weighted by Crippen LogP contribution is 2.11. The Kier molecular flexibility index (Phi) is 20.0. The summed E-state index contributed by atoms with van der Waals surface area (Å²) in [5.74, 6) is -0.306. The van der Waals surface area contributed by atoms with Crippen molar-refractivity contribution in [2.45, 2.75) is 89.4 Å². The predicted octanol–water partition coefficient (Wildman–Crippen LogP) is 1.56. The summed E-state index contributed by atoms with van der Waals surface area (Å²) < 4.78 is 15.9. The molecule has 0 bridgehead atoms. The molecule has 0 heterocycles. The van der Waals surface area contributed by atoms with Crippen LogP contribution in [0.5, 0.6) is 0 Å². The molecule has 0 aromatic heterocycles. The van der Waals surface area contributed by atoms with E-state index in [1.165, 1.54) is 38.5 Å². The van der Waals surface area contributed by atoms with E-state index in [-0.39, 0.29) is 32.4 Å². The van der Waals surface area contributed by atoms with Gasteiger partial charge in [0.2, 0.25) is 0 Å². The number of carbonyl (C=O) groups excluding carboxylic acids is 1. The molecule has 0 aromatic carbocycles. The van der Waals surface area contributed by atoms with Crippen molar-refractivity contribution in [3.63, 3.8) is 0 Å². The van der Waals surface area contributed by atoms with Crippen LogP contribution in [0.25, 0.3) is 0 Å². The molecule has 0 saturated heterocycles. The number of ether oxygens (including phenoxy) is 3. The molecule has 8 heteroatoms. The standard InChI is InChI=1S/C21H42O8/c1-2-3-4-5-6-7-8-9-10-11-21(26)29-17-20(28-15-19(25)13-23)16-27-14-18(24)12-22/h18-20,22-25H,2-17H2,1H3/t18-,19-,20+/m1/s1. The number of rotatable bonds is 21. The summed E-state index contributed by atoms with van der Waals surface area (Å²) in [6.45, 7) is 1.15. The van der Waals surface area contributed by atoms with Crippen LogP contribution < -0.4 is 0 Å². The number of aliphatic hydroxyl groups is 4. The van der Waals surface area contributed by atoms with E-state index >= 15 is 0 Å². The Labute approximate surface area is 175 Å². The highest BCUT2D eigenvalue weighted by molar-refractivity contribution is 5.69. The third-order valence-corrected chi connectivity index (χ3v) is 4.47. The smallest absolute Gasteiger partial charge is 0.305 e. The van der Waals surface area contributed by atoms with Gasteiger partial charge in [-0.1, -0.05) is 58.3 Å². The molecule has 29 heavy (non-hydrogen) atoms. The van der Waals surface area contributed by atoms with Crippen LogP contribution in [0.3, 0.4) is 0 Å². The van der Waals surface area contributed by atoms with Crippen LogP contribution in [0.4, 0.5) is 0 Å². The second-order valence-corrected chi connectivity index (χ2v) is 7.43. The lowest BCUT2D eigenvalue weighted by atomic mass is 10.1. The number of esters is 1. The summed E-state index contributed by atoms with van der Waals surface area (Å²) in [6.07, 6.45) is 8.26. The maximum absolute atomic E-state index is 11.9. The highest BCUT2D eigenvalue weighted by atomic mass is 16.6. The summed E-state index contributed by atoms with van der Waals surface area (Å²) in [7, 11) is 0. The lowest BCUT2D eigenvalue weighted by Gasteiger charge is -2.20. The van der Waals surface area contributed by atoms with Gasteiger partial charge in [0.15, 0.2) is 0 Å². The second kappa shape index (κ2) is 20.5. The van der Waals surface area contributed by atoms with E-state index < -0.39 is 31.5 Å². The van der Waals surface area contributed by atoms with Crippen LogP contribution in [0.2, 0.25) is 0 Å². The molecule has 4 N–H and O–H groups in total. The fourth-order valence-corrected chi connectivity index (χ4v) is 2.67. The molecule has 0 radical (unpaired) electrons. The van der Waals surface area contributed by atoms with Gasteiger partial charge in [0, 0.05) is 6.42 Å². The van der Waals surface area contributed by atoms with Crippen molar-refractivity contribution in [1.29, 1.82) is 0 Å². The van der Waals surface area contributed by atoms with Crippen LogP contribution in [0.1, 0.15) is 71.1 Å². The van der Waals surface area contributed by atoms with Crippen molar-refractivity contribution in [3.8, 4) is 0 Å².